The van der Waals surface area contributed by atoms with Gasteiger partial charge in [0.15, 0.2) is 0 Å². The summed E-state index contributed by atoms with van der Waals surface area (Å²) in [5, 5.41) is 6.22. The number of hydrogen-bond acceptors (Lipinski definition) is 2. The van der Waals surface area contributed by atoms with Gasteiger partial charge in [-0.05, 0) is 57.1 Å². The first kappa shape index (κ1) is 24.6. The molecule has 1 N–H and O–H groups in total. The lowest BCUT2D eigenvalue weighted by atomic mass is 9.70. The number of furan rings is 1. The molecule has 210 valence electrons. The van der Waals surface area contributed by atoms with Crippen molar-refractivity contribution in [1.29, 1.82) is 0 Å². The molecule has 2 nitrogen and oxygen atoms in total. The minimum Gasteiger partial charge on any atom is -0.455 e. The number of benzene rings is 7. The van der Waals surface area contributed by atoms with E-state index in [4.69, 9.17) is 4.42 Å². The van der Waals surface area contributed by atoms with Crippen molar-refractivity contribution in [2.75, 3.05) is 5.32 Å². The van der Waals surface area contributed by atoms with Crippen LogP contribution in [0.15, 0.2) is 162 Å². The van der Waals surface area contributed by atoms with Gasteiger partial charge in [0.05, 0.1) is 5.41 Å². The Kier molecular flexibility index (Phi) is 4.95. The van der Waals surface area contributed by atoms with Gasteiger partial charge >= 0.3 is 0 Å². The van der Waals surface area contributed by atoms with Crippen LogP contribution in [0.3, 0.4) is 0 Å². The first-order valence-corrected chi connectivity index (χ1v) is 15.5. The SMILES string of the molecule is c1ccc(-c2ccccc2Nc2cccc3c2-c2ccccc2C32c3ccccc3-c3c2ccc2c3oc3ccccc32)cc1. The molecular formula is C43H27NO. The Morgan fingerprint density at radius 1 is 0.400 bits per heavy atom. The number of para-hydroxylation sites is 2. The molecule has 1 atom stereocenters. The fourth-order valence-electron chi connectivity index (χ4n) is 8.16. The lowest BCUT2D eigenvalue weighted by Gasteiger charge is -2.30. The predicted molar refractivity (Wildman–Crippen MR) is 185 cm³/mol. The van der Waals surface area contributed by atoms with Crippen LogP contribution in [0.4, 0.5) is 11.4 Å². The summed E-state index contributed by atoms with van der Waals surface area (Å²) in [5.41, 5.74) is 16.2. The van der Waals surface area contributed by atoms with E-state index in [9.17, 15) is 0 Å². The second-order valence-electron chi connectivity index (χ2n) is 12.1. The molecule has 0 fully saturated rings. The highest BCUT2D eigenvalue weighted by molar-refractivity contribution is 6.13. The molecule has 0 amide bonds. The second kappa shape index (κ2) is 9.07. The number of hydrogen-bond donors (Lipinski definition) is 1. The maximum absolute atomic E-state index is 6.68. The van der Waals surface area contributed by atoms with E-state index in [2.05, 4.69) is 157 Å². The van der Waals surface area contributed by atoms with Gasteiger partial charge in [0.2, 0.25) is 0 Å². The van der Waals surface area contributed by atoms with E-state index in [1.807, 2.05) is 6.07 Å². The minimum atomic E-state index is -0.457. The molecular weight excluding hydrogens is 546 g/mol. The highest BCUT2D eigenvalue weighted by atomic mass is 16.3. The Morgan fingerprint density at radius 3 is 1.82 bits per heavy atom. The topological polar surface area (TPSA) is 25.2 Å². The van der Waals surface area contributed by atoms with Gasteiger partial charge < -0.3 is 9.73 Å². The van der Waals surface area contributed by atoms with Crippen LogP contribution in [-0.2, 0) is 5.41 Å². The van der Waals surface area contributed by atoms with Gasteiger partial charge in [-0.2, -0.15) is 0 Å². The second-order valence-corrected chi connectivity index (χ2v) is 12.1. The summed E-state index contributed by atoms with van der Waals surface area (Å²) in [7, 11) is 0. The lowest BCUT2D eigenvalue weighted by Crippen LogP contribution is -2.25. The van der Waals surface area contributed by atoms with Gasteiger partial charge in [-0.3, -0.25) is 0 Å². The summed E-state index contributed by atoms with van der Waals surface area (Å²) >= 11 is 0. The van der Waals surface area contributed by atoms with Crippen molar-refractivity contribution >= 4 is 33.3 Å². The molecule has 7 aromatic carbocycles. The maximum atomic E-state index is 6.68. The Labute approximate surface area is 261 Å². The van der Waals surface area contributed by atoms with Gasteiger partial charge in [-0.1, -0.05) is 140 Å². The highest BCUT2D eigenvalue weighted by Gasteiger charge is 2.53. The first-order chi connectivity index (χ1) is 22.3. The lowest BCUT2D eigenvalue weighted by molar-refractivity contribution is 0.669. The molecule has 1 spiro atoms. The number of nitrogens with one attached hydrogen (secondary N) is 1. The van der Waals surface area contributed by atoms with Crippen LogP contribution in [0.2, 0.25) is 0 Å². The van der Waals surface area contributed by atoms with E-state index in [1.54, 1.807) is 0 Å². The number of anilines is 2. The molecule has 2 heteroatoms. The Hall–Kier alpha value is -5.86. The van der Waals surface area contributed by atoms with E-state index in [0.29, 0.717) is 0 Å². The van der Waals surface area contributed by atoms with E-state index < -0.39 is 5.41 Å². The fraction of sp³-hybridized carbons (Fsp3) is 0.0233. The molecule has 0 bridgehead atoms. The van der Waals surface area contributed by atoms with Crippen LogP contribution in [0.1, 0.15) is 22.3 Å². The molecule has 0 saturated heterocycles. The third-order valence-corrected chi connectivity index (χ3v) is 9.90. The van der Waals surface area contributed by atoms with Crippen LogP contribution in [-0.4, -0.2) is 0 Å². The summed E-state index contributed by atoms with van der Waals surface area (Å²) in [6, 6.07) is 56.9. The highest BCUT2D eigenvalue weighted by Crippen LogP contribution is 2.65. The van der Waals surface area contributed by atoms with Crippen molar-refractivity contribution in [2.24, 2.45) is 0 Å². The largest absolute Gasteiger partial charge is 0.455 e. The van der Waals surface area contributed by atoms with Gasteiger partial charge in [-0.15, -0.1) is 0 Å². The molecule has 0 radical (unpaired) electrons. The van der Waals surface area contributed by atoms with Crippen molar-refractivity contribution in [2.45, 2.75) is 5.41 Å². The molecule has 1 aromatic heterocycles. The van der Waals surface area contributed by atoms with Crippen molar-refractivity contribution in [3.63, 3.8) is 0 Å². The maximum Gasteiger partial charge on any atom is 0.143 e. The van der Waals surface area contributed by atoms with E-state index in [-0.39, 0.29) is 0 Å². The van der Waals surface area contributed by atoms with E-state index in [0.717, 1.165) is 33.3 Å². The standard InChI is InChI=1S/C43H27NO/c1-2-13-27(14-3-1)28-15-6-10-22-37(28)44-38-23-12-21-35-40(38)31-17-4-8-19-33(31)43(35)34-20-9-5-18-32(34)41-36(43)26-25-30-29-16-7-11-24-39(29)45-42(30)41/h1-26,44H. The average molecular weight is 574 g/mol. The number of fused-ring (bicyclic) bond motifs is 14. The summed E-state index contributed by atoms with van der Waals surface area (Å²) in [4.78, 5) is 0. The molecule has 2 aliphatic rings. The Morgan fingerprint density at radius 2 is 1.00 bits per heavy atom. The third-order valence-electron chi connectivity index (χ3n) is 9.90. The summed E-state index contributed by atoms with van der Waals surface area (Å²) < 4.78 is 6.68. The average Bonchev–Trinajstić information content (AvgIpc) is 3.73. The fourth-order valence-corrected chi connectivity index (χ4v) is 8.16. The van der Waals surface area contributed by atoms with E-state index in [1.165, 1.54) is 55.6 Å². The van der Waals surface area contributed by atoms with Crippen molar-refractivity contribution in [3.8, 4) is 33.4 Å². The molecule has 2 aliphatic carbocycles. The molecule has 8 aromatic rings. The Balaban J connectivity index is 1.26. The monoisotopic (exact) mass is 573 g/mol. The molecule has 1 heterocycles. The van der Waals surface area contributed by atoms with Crippen molar-refractivity contribution in [1.82, 2.24) is 0 Å². The van der Waals surface area contributed by atoms with Gasteiger partial charge in [0.1, 0.15) is 11.2 Å². The quantitative estimate of drug-likeness (QED) is 0.227. The zero-order chi connectivity index (χ0) is 29.5. The smallest absolute Gasteiger partial charge is 0.143 e. The van der Waals surface area contributed by atoms with Gasteiger partial charge in [-0.25, -0.2) is 0 Å². The van der Waals surface area contributed by atoms with Crippen LogP contribution in [0.5, 0.6) is 0 Å². The zero-order valence-corrected chi connectivity index (χ0v) is 24.4. The summed E-state index contributed by atoms with van der Waals surface area (Å²) in [5.74, 6) is 0. The van der Waals surface area contributed by atoms with Gasteiger partial charge in [0, 0.05) is 38.8 Å². The summed E-state index contributed by atoms with van der Waals surface area (Å²) in [6.45, 7) is 0. The molecule has 10 rings (SSSR count). The number of rotatable bonds is 3. The van der Waals surface area contributed by atoms with E-state index >= 15 is 0 Å². The molecule has 0 saturated carbocycles. The van der Waals surface area contributed by atoms with Crippen molar-refractivity contribution < 1.29 is 4.42 Å². The molecule has 0 aliphatic heterocycles. The van der Waals surface area contributed by atoms with Crippen LogP contribution in [0.25, 0.3) is 55.3 Å². The predicted octanol–water partition coefficient (Wildman–Crippen LogP) is 11.3. The van der Waals surface area contributed by atoms with Crippen LogP contribution in [0, 0.1) is 0 Å². The Bertz CT molecular complexity index is 2470. The zero-order valence-electron chi connectivity index (χ0n) is 24.4. The molecule has 45 heavy (non-hydrogen) atoms. The minimum absolute atomic E-state index is 0.457. The summed E-state index contributed by atoms with van der Waals surface area (Å²) in [6.07, 6.45) is 0. The van der Waals surface area contributed by atoms with Crippen LogP contribution < -0.4 is 5.32 Å². The third kappa shape index (κ3) is 3.18. The molecule has 1 unspecified atom stereocenters. The van der Waals surface area contributed by atoms with Gasteiger partial charge in [0.25, 0.3) is 0 Å². The first-order valence-electron chi connectivity index (χ1n) is 15.5. The van der Waals surface area contributed by atoms with Crippen LogP contribution >= 0.6 is 0 Å². The van der Waals surface area contributed by atoms with Crippen molar-refractivity contribution in [3.05, 3.63) is 180 Å². The normalized spacial score (nSPS) is 15.6.